The molecular formula is C20H17ClN2O2. The molecule has 2 amide bonds. The zero-order chi connectivity index (χ0) is 17.5. The number of ether oxygens (including phenoxy) is 1. The van der Waals surface area contributed by atoms with Gasteiger partial charge in [-0.2, -0.15) is 0 Å². The van der Waals surface area contributed by atoms with Crippen LogP contribution >= 0.6 is 11.6 Å². The average molecular weight is 353 g/mol. The molecule has 3 aromatic carbocycles. The summed E-state index contributed by atoms with van der Waals surface area (Å²) in [7, 11) is 0. The van der Waals surface area contributed by atoms with Gasteiger partial charge >= 0.3 is 6.03 Å². The molecule has 3 rings (SSSR count). The summed E-state index contributed by atoms with van der Waals surface area (Å²) in [6, 6.07) is 23.8. The Balaban J connectivity index is 1.49. The van der Waals surface area contributed by atoms with Crippen molar-refractivity contribution in [3.63, 3.8) is 0 Å². The average Bonchev–Trinajstić information content (AvgIpc) is 2.64. The molecule has 0 saturated carbocycles. The maximum Gasteiger partial charge on any atom is 0.319 e. The van der Waals surface area contributed by atoms with Crippen LogP contribution < -0.4 is 15.4 Å². The van der Waals surface area contributed by atoms with Crippen LogP contribution in [0.5, 0.6) is 11.5 Å². The lowest BCUT2D eigenvalue weighted by atomic mass is 10.2. The molecule has 0 atom stereocenters. The number of rotatable bonds is 5. The van der Waals surface area contributed by atoms with E-state index in [2.05, 4.69) is 10.6 Å². The van der Waals surface area contributed by atoms with Gasteiger partial charge in [0.05, 0.1) is 0 Å². The molecule has 0 bridgehead atoms. The first-order chi connectivity index (χ1) is 12.2. The quantitative estimate of drug-likeness (QED) is 0.641. The van der Waals surface area contributed by atoms with Gasteiger partial charge in [-0.3, -0.25) is 0 Å². The van der Waals surface area contributed by atoms with Gasteiger partial charge in [-0.15, -0.1) is 0 Å². The third-order valence-electron chi connectivity index (χ3n) is 3.46. The second-order valence-corrected chi connectivity index (χ2v) is 5.81. The van der Waals surface area contributed by atoms with Crippen LogP contribution in [0.1, 0.15) is 5.56 Å². The first-order valence-electron chi connectivity index (χ1n) is 7.81. The topological polar surface area (TPSA) is 50.4 Å². The van der Waals surface area contributed by atoms with Crippen LogP contribution in [-0.4, -0.2) is 6.03 Å². The molecule has 0 spiro atoms. The lowest BCUT2D eigenvalue weighted by molar-refractivity contribution is 0.251. The van der Waals surface area contributed by atoms with Crippen LogP contribution in [0.25, 0.3) is 0 Å². The first-order valence-corrected chi connectivity index (χ1v) is 8.19. The number of anilines is 1. The van der Waals surface area contributed by atoms with Crippen molar-refractivity contribution in [2.45, 2.75) is 6.54 Å². The molecule has 0 aliphatic rings. The summed E-state index contributed by atoms with van der Waals surface area (Å²) in [6.07, 6.45) is 0. The minimum atomic E-state index is -0.271. The molecule has 4 nitrogen and oxygen atoms in total. The Morgan fingerprint density at radius 2 is 1.48 bits per heavy atom. The minimum Gasteiger partial charge on any atom is -0.457 e. The van der Waals surface area contributed by atoms with Crippen LogP contribution in [0.15, 0.2) is 78.9 Å². The summed E-state index contributed by atoms with van der Waals surface area (Å²) in [6.45, 7) is 0.422. The highest BCUT2D eigenvalue weighted by atomic mass is 35.5. The maximum absolute atomic E-state index is 11.9. The number of amides is 2. The van der Waals surface area contributed by atoms with Crippen LogP contribution in [0.3, 0.4) is 0 Å². The molecule has 25 heavy (non-hydrogen) atoms. The molecule has 0 saturated heterocycles. The van der Waals surface area contributed by atoms with Crippen molar-refractivity contribution in [1.82, 2.24) is 5.32 Å². The zero-order valence-electron chi connectivity index (χ0n) is 13.4. The fourth-order valence-corrected chi connectivity index (χ4v) is 2.32. The summed E-state index contributed by atoms with van der Waals surface area (Å²) >= 11 is 5.81. The van der Waals surface area contributed by atoms with Crippen molar-refractivity contribution in [1.29, 1.82) is 0 Å². The number of hydrogen-bond acceptors (Lipinski definition) is 2. The van der Waals surface area contributed by atoms with Gasteiger partial charge < -0.3 is 15.4 Å². The third-order valence-corrected chi connectivity index (χ3v) is 3.71. The van der Waals surface area contributed by atoms with Crippen LogP contribution in [-0.2, 0) is 6.54 Å². The summed E-state index contributed by atoms with van der Waals surface area (Å²) in [5, 5.41) is 6.19. The number of halogens is 1. The van der Waals surface area contributed by atoms with Gasteiger partial charge in [0.1, 0.15) is 11.5 Å². The van der Waals surface area contributed by atoms with Crippen LogP contribution in [0, 0.1) is 0 Å². The van der Waals surface area contributed by atoms with E-state index in [-0.39, 0.29) is 6.03 Å². The van der Waals surface area contributed by atoms with Gasteiger partial charge in [0.2, 0.25) is 0 Å². The highest BCUT2D eigenvalue weighted by molar-refractivity contribution is 6.30. The van der Waals surface area contributed by atoms with Crippen molar-refractivity contribution >= 4 is 23.3 Å². The summed E-state index contributed by atoms with van der Waals surface area (Å²) < 4.78 is 5.74. The van der Waals surface area contributed by atoms with Gasteiger partial charge in [-0.1, -0.05) is 41.9 Å². The number of carbonyl (C=O) groups excluding carboxylic acids is 1. The molecule has 5 heteroatoms. The number of hydrogen-bond donors (Lipinski definition) is 2. The van der Waals surface area contributed by atoms with Gasteiger partial charge in [0.25, 0.3) is 0 Å². The van der Waals surface area contributed by atoms with E-state index >= 15 is 0 Å². The number of nitrogens with one attached hydrogen (secondary N) is 2. The van der Waals surface area contributed by atoms with Crippen molar-refractivity contribution in [3.05, 3.63) is 89.4 Å². The summed E-state index contributed by atoms with van der Waals surface area (Å²) in [5.74, 6) is 1.54. The fraction of sp³-hybridized carbons (Fsp3) is 0.0500. The predicted molar refractivity (Wildman–Crippen MR) is 100 cm³/mol. The molecule has 0 unspecified atom stereocenters. The zero-order valence-corrected chi connectivity index (χ0v) is 14.2. The Hall–Kier alpha value is -2.98. The highest BCUT2D eigenvalue weighted by Crippen LogP contribution is 2.21. The largest absolute Gasteiger partial charge is 0.457 e. The summed E-state index contributed by atoms with van der Waals surface area (Å²) in [5.41, 5.74) is 1.67. The Labute approximate surface area is 151 Å². The highest BCUT2D eigenvalue weighted by Gasteiger charge is 2.02. The monoisotopic (exact) mass is 352 g/mol. The smallest absolute Gasteiger partial charge is 0.319 e. The second kappa shape index (κ2) is 8.22. The number of carbonyl (C=O) groups is 1. The van der Waals surface area contributed by atoms with Crippen molar-refractivity contribution in [2.24, 2.45) is 0 Å². The lowest BCUT2D eigenvalue weighted by Gasteiger charge is -2.09. The van der Waals surface area contributed by atoms with Gasteiger partial charge in [-0.25, -0.2) is 4.79 Å². The van der Waals surface area contributed by atoms with E-state index in [1.807, 2.05) is 54.6 Å². The Morgan fingerprint density at radius 3 is 2.16 bits per heavy atom. The molecule has 0 aromatic heterocycles. The van der Waals surface area contributed by atoms with E-state index in [1.165, 1.54) is 0 Å². The van der Waals surface area contributed by atoms with Crippen molar-refractivity contribution in [2.75, 3.05) is 5.32 Å². The molecule has 3 aromatic rings. The van der Waals surface area contributed by atoms with Crippen LogP contribution in [0.4, 0.5) is 10.5 Å². The molecule has 0 heterocycles. The standard InChI is InChI=1S/C20H17ClN2O2/c21-16-8-10-17(11-9-16)23-20(24)22-14-15-6-12-19(13-7-15)25-18-4-2-1-3-5-18/h1-13H,14H2,(H2,22,23,24). The molecule has 0 fully saturated rings. The van der Waals surface area contributed by atoms with E-state index in [9.17, 15) is 4.79 Å². The van der Waals surface area contributed by atoms with E-state index < -0.39 is 0 Å². The second-order valence-electron chi connectivity index (χ2n) is 5.37. The number of urea groups is 1. The van der Waals surface area contributed by atoms with Gasteiger partial charge in [-0.05, 0) is 54.1 Å². The first kappa shape index (κ1) is 16.9. The lowest BCUT2D eigenvalue weighted by Crippen LogP contribution is -2.28. The van der Waals surface area contributed by atoms with Crippen molar-refractivity contribution in [3.8, 4) is 11.5 Å². The normalized spacial score (nSPS) is 10.1. The molecule has 0 aliphatic carbocycles. The van der Waals surface area contributed by atoms with E-state index in [4.69, 9.17) is 16.3 Å². The Morgan fingerprint density at radius 1 is 0.840 bits per heavy atom. The minimum absolute atomic E-state index is 0.271. The fourth-order valence-electron chi connectivity index (χ4n) is 2.19. The van der Waals surface area contributed by atoms with Gasteiger partial charge in [0.15, 0.2) is 0 Å². The Bertz CT molecular complexity index is 819. The SMILES string of the molecule is O=C(NCc1ccc(Oc2ccccc2)cc1)Nc1ccc(Cl)cc1. The van der Waals surface area contributed by atoms with E-state index in [1.54, 1.807) is 24.3 Å². The number of benzene rings is 3. The molecule has 2 N–H and O–H groups in total. The molecule has 0 radical (unpaired) electrons. The van der Waals surface area contributed by atoms with Crippen molar-refractivity contribution < 1.29 is 9.53 Å². The maximum atomic E-state index is 11.9. The van der Waals surface area contributed by atoms with Crippen LogP contribution in [0.2, 0.25) is 5.02 Å². The summed E-state index contributed by atoms with van der Waals surface area (Å²) in [4.78, 5) is 11.9. The Kier molecular flexibility index (Phi) is 5.54. The third kappa shape index (κ3) is 5.26. The van der Waals surface area contributed by atoms with Gasteiger partial charge in [0, 0.05) is 17.3 Å². The number of para-hydroxylation sites is 1. The van der Waals surface area contributed by atoms with E-state index in [0.29, 0.717) is 17.3 Å². The molecule has 126 valence electrons. The molecular weight excluding hydrogens is 336 g/mol. The molecule has 0 aliphatic heterocycles. The predicted octanol–water partition coefficient (Wildman–Crippen LogP) is 5.45. The van der Waals surface area contributed by atoms with E-state index in [0.717, 1.165) is 17.1 Å².